The first-order valence-electron chi connectivity index (χ1n) is 6.58. The smallest absolute Gasteiger partial charge is 0.0520 e. The van der Waals surface area contributed by atoms with Crippen LogP contribution in [-0.4, -0.2) is 4.98 Å². The number of fused-ring (bicyclic) bond motifs is 1. The maximum absolute atomic E-state index is 4.69. The molecule has 3 rings (SSSR count). The van der Waals surface area contributed by atoms with Gasteiger partial charge in [0.15, 0.2) is 0 Å². The normalized spacial score (nSPS) is 20.8. The Kier molecular flexibility index (Phi) is 2.80. The molecule has 0 radical (unpaired) electrons. The quantitative estimate of drug-likeness (QED) is 0.677. The zero-order valence-corrected chi connectivity index (χ0v) is 11.0. The average Bonchev–Trinajstić information content (AvgIpc) is 2.41. The fraction of sp³-hybridized carbons (Fsp3) is 0.353. The van der Waals surface area contributed by atoms with Gasteiger partial charge in [-0.25, -0.2) is 0 Å². The van der Waals surface area contributed by atoms with Crippen LogP contribution in [0.1, 0.15) is 48.1 Å². The van der Waals surface area contributed by atoms with Gasteiger partial charge in [0, 0.05) is 24.1 Å². The Morgan fingerprint density at radius 2 is 2.22 bits per heavy atom. The highest BCUT2D eigenvalue weighted by molar-refractivity contribution is 5.52. The Bertz CT molecular complexity index is 608. The van der Waals surface area contributed by atoms with Crippen molar-refractivity contribution in [3.05, 3.63) is 52.4 Å². The zero-order valence-electron chi connectivity index (χ0n) is 11.0. The summed E-state index contributed by atoms with van der Waals surface area (Å²) < 4.78 is 0. The third kappa shape index (κ3) is 1.88. The molecule has 1 unspecified atom stereocenters. The molecule has 0 fully saturated rings. The van der Waals surface area contributed by atoms with E-state index in [0.29, 0.717) is 5.92 Å². The summed E-state index contributed by atoms with van der Waals surface area (Å²) in [7, 11) is 0. The van der Waals surface area contributed by atoms with Crippen molar-refractivity contribution in [3.8, 4) is 11.8 Å². The molecule has 0 saturated carbocycles. The first-order chi connectivity index (χ1) is 8.75. The van der Waals surface area contributed by atoms with Gasteiger partial charge in [-0.2, -0.15) is 0 Å². The molecule has 0 saturated heterocycles. The molecule has 1 aromatic heterocycles. The first kappa shape index (κ1) is 11.3. The predicted octanol–water partition coefficient (Wildman–Crippen LogP) is 3.68. The van der Waals surface area contributed by atoms with Crippen LogP contribution in [0.25, 0.3) is 0 Å². The van der Waals surface area contributed by atoms with Gasteiger partial charge in [0.25, 0.3) is 0 Å². The minimum atomic E-state index is 0.433. The molecule has 2 aliphatic rings. The van der Waals surface area contributed by atoms with E-state index in [4.69, 9.17) is 4.98 Å². The van der Waals surface area contributed by atoms with Crippen LogP contribution in [0.15, 0.2) is 30.0 Å². The van der Waals surface area contributed by atoms with Crippen LogP contribution in [-0.2, 0) is 6.42 Å². The van der Waals surface area contributed by atoms with Crippen LogP contribution >= 0.6 is 0 Å². The van der Waals surface area contributed by atoms with E-state index >= 15 is 0 Å². The number of allylic oxidation sites excluding steroid dienone is 4. The molecule has 1 atom stereocenters. The molecule has 2 aliphatic carbocycles. The first-order valence-corrected chi connectivity index (χ1v) is 6.58. The Labute approximate surface area is 109 Å². The standard InChI is InChI=1S/C17H17N/c1-12-7-9-14(10-8-12)17-16-6-4-3-5-15(16)13(2)11-18-17/h7-9,11,14H,4,6,10H2,1-2H3. The fourth-order valence-electron chi connectivity index (χ4n) is 2.69. The fourth-order valence-corrected chi connectivity index (χ4v) is 2.69. The monoisotopic (exact) mass is 235 g/mol. The lowest BCUT2D eigenvalue weighted by Crippen LogP contribution is -2.10. The second-order valence-corrected chi connectivity index (χ2v) is 5.13. The van der Waals surface area contributed by atoms with Crippen LogP contribution < -0.4 is 0 Å². The summed E-state index contributed by atoms with van der Waals surface area (Å²) in [5.74, 6) is 6.93. The second kappa shape index (κ2) is 4.46. The highest BCUT2D eigenvalue weighted by atomic mass is 14.7. The summed E-state index contributed by atoms with van der Waals surface area (Å²) in [6.07, 6.45) is 11.9. The van der Waals surface area contributed by atoms with Crippen LogP contribution in [0.5, 0.6) is 0 Å². The summed E-state index contributed by atoms with van der Waals surface area (Å²) in [5.41, 5.74) is 6.42. The predicted molar refractivity (Wildman–Crippen MR) is 74.4 cm³/mol. The molecule has 0 aliphatic heterocycles. The van der Waals surface area contributed by atoms with Crippen molar-refractivity contribution in [1.29, 1.82) is 0 Å². The lowest BCUT2D eigenvalue weighted by molar-refractivity contribution is 0.778. The summed E-state index contributed by atoms with van der Waals surface area (Å²) in [6.45, 7) is 4.26. The molecule has 0 bridgehead atoms. The minimum absolute atomic E-state index is 0.433. The summed E-state index contributed by atoms with van der Waals surface area (Å²) in [6, 6.07) is 0. The van der Waals surface area contributed by atoms with Crippen molar-refractivity contribution >= 4 is 0 Å². The molecule has 1 heterocycles. The van der Waals surface area contributed by atoms with Crippen molar-refractivity contribution in [2.45, 2.75) is 39.0 Å². The Hall–Kier alpha value is -1.81. The van der Waals surface area contributed by atoms with E-state index in [1.54, 1.807) is 0 Å². The van der Waals surface area contributed by atoms with E-state index in [-0.39, 0.29) is 0 Å². The largest absolute Gasteiger partial charge is 0.260 e. The molecular weight excluding hydrogens is 218 g/mol. The van der Waals surface area contributed by atoms with Crippen molar-refractivity contribution in [3.63, 3.8) is 0 Å². The van der Waals surface area contributed by atoms with Gasteiger partial charge in [-0.05, 0) is 37.8 Å². The molecule has 0 amide bonds. The number of hydrogen-bond acceptors (Lipinski definition) is 1. The third-order valence-corrected chi connectivity index (χ3v) is 3.75. The Morgan fingerprint density at radius 3 is 3.00 bits per heavy atom. The molecular formula is C17H17N. The molecule has 1 nitrogen and oxygen atoms in total. The van der Waals surface area contributed by atoms with E-state index in [2.05, 4.69) is 43.9 Å². The van der Waals surface area contributed by atoms with E-state index in [1.165, 1.54) is 28.0 Å². The van der Waals surface area contributed by atoms with Gasteiger partial charge < -0.3 is 0 Å². The van der Waals surface area contributed by atoms with E-state index in [0.717, 1.165) is 19.3 Å². The van der Waals surface area contributed by atoms with Gasteiger partial charge in [0.05, 0.1) is 5.69 Å². The average molecular weight is 235 g/mol. The maximum atomic E-state index is 4.69. The van der Waals surface area contributed by atoms with Crippen molar-refractivity contribution in [2.75, 3.05) is 0 Å². The molecule has 1 heteroatoms. The molecule has 18 heavy (non-hydrogen) atoms. The summed E-state index contributed by atoms with van der Waals surface area (Å²) >= 11 is 0. The van der Waals surface area contributed by atoms with Gasteiger partial charge in [-0.3, -0.25) is 4.98 Å². The van der Waals surface area contributed by atoms with Crippen molar-refractivity contribution < 1.29 is 0 Å². The highest BCUT2D eigenvalue weighted by Crippen LogP contribution is 2.31. The lowest BCUT2D eigenvalue weighted by atomic mass is 9.86. The number of nitrogens with zero attached hydrogens (tertiary/aromatic N) is 1. The van der Waals surface area contributed by atoms with E-state index in [1.807, 2.05) is 6.20 Å². The molecule has 90 valence electrons. The van der Waals surface area contributed by atoms with E-state index in [9.17, 15) is 0 Å². The van der Waals surface area contributed by atoms with Crippen LogP contribution in [0.3, 0.4) is 0 Å². The molecule has 0 aromatic carbocycles. The zero-order chi connectivity index (χ0) is 12.5. The topological polar surface area (TPSA) is 12.9 Å². The van der Waals surface area contributed by atoms with Crippen LogP contribution in [0.2, 0.25) is 0 Å². The van der Waals surface area contributed by atoms with Gasteiger partial charge in [-0.15, -0.1) is 0 Å². The van der Waals surface area contributed by atoms with Crippen LogP contribution in [0, 0.1) is 18.8 Å². The maximum Gasteiger partial charge on any atom is 0.0520 e. The van der Waals surface area contributed by atoms with Gasteiger partial charge >= 0.3 is 0 Å². The summed E-state index contributed by atoms with van der Waals surface area (Å²) in [4.78, 5) is 4.69. The van der Waals surface area contributed by atoms with Crippen molar-refractivity contribution in [1.82, 2.24) is 4.98 Å². The molecule has 0 N–H and O–H groups in total. The second-order valence-electron chi connectivity index (χ2n) is 5.13. The number of pyridine rings is 1. The number of rotatable bonds is 1. The van der Waals surface area contributed by atoms with Gasteiger partial charge in [-0.1, -0.05) is 35.6 Å². The Balaban J connectivity index is 2.05. The molecule has 0 spiro atoms. The number of aromatic nitrogens is 1. The third-order valence-electron chi connectivity index (χ3n) is 3.75. The summed E-state index contributed by atoms with van der Waals surface area (Å²) in [5, 5.41) is 0. The number of hydrogen-bond donors (Lipinski definition) is 0. The molecule has 1 aromatic rings. The highest BCUT2D eigenvalue weighted by Gasteiger charge is 2.19. The minimum Gasteiger partial charge on any atom is -0.260 e. The Morgan fingerprint density at radius 1 is 1.33 bits per heavy atom. The van der Waals surface area contributed by atoms with Crippen molar-refractivity contribution in [2.24, 2.45) is 0 Å². The lowest BCUT2D eigenvalue weighted by Gasteiger charge is -2.21. The van der Waals surface area contributed by atoms with E-state index < -0.39 is 0 Å². The van der Waals surface area contributed by atoms with Crippen LogP contribution in [0.4, 0.5) is 0 Å². The number of aryl methyl sites for hydroxylation is 1. The van der Waals surface area contributed by atoms with Gasteiger partial charge in [0.1, 0.15) is 0 Å². The SMILES string of the molecule is CC1=CCC(c2ncc(C)c3c2CCC#C3)C=C1. The van der Waals surface area contributed by atoms with Gasteiger partial charge in [0.2, 0.25) is 0 Å².